The zero-order valence-electron chi connectivity index (χ0n) is 50.2. The average molecular weight is 1020 g/mol. The number of hydrogen-bond acceptors (Lipinski definition) is 6. The van der Waals surface area contributed by atoms with Gasteiger partial charge < -0.3 is 24.1 Å². The molecule has 1 N–H and O–H groups in total. The van der Waals surface area contributed by atoms with Crippen molar-refractivity contribution in [3.05, 3.63) is 0 Å². The molecule has 0 aromatic carbocycles. The van der Waals surface area contributed by atoms with Crippen LogP contribution in [0, 0.1) is 0 Å². The molecule has 0 saturated carbocycles. The second kappa shape index (κ2) is 74.3. The van der Waals surface area contributed by atoms with Crippen molar-refractivity contribution in [2.75, 3.05) is 40.1 Å². The first-order chi connectivity index (χ1) is 35.5. The van der Waals surface area contributed by atoms with Crippen LogP contribution < -0.4 is 0 Å². The third-order valence-electron chi connectivity index (χ3n) is 14.5. The van der Waals surface area contributed by atoms with E-state index in [1.807, 2.05) is 0 Å². The fourth-order valence-corrected chi connectivity index (χ4v) is 9.62. The molecule has 1 rings (SSSR count). The van der Waals surface area contributed by atoms with E-state index < -0.39 is 0 Å². The molecule has 0 aliphatic carbocycles. The van der Waals surface area contributed by atoms with E-state index in [4.69, 9.17) is 19.3 Å². The summed E-state index contributed by atoms with van der Waals surface area (Å²) in [6.45, 7) is 11.6. The Labute approximate surface area is 453 Å². The Balaban J connectivity index is -0.000000885. The summed E-state index contributed by atoms with van der Waals surface area (Å²) in [6.07, 6.45) is 72.5. The van der Waals surface area contributed by atoms with Gasteiger partial charge in [-0.15, -0.1) is 0 Å². The van der Waals surface area contributed by atoms with Crippen molar-refractivity contribution in [1.29, 1.82) is 0 Å². The van der Waals surface area contributed by atoms with E-state index in [2.05, 4.69) is 20.8 Å². The zero-order valence-corrected chi connectivity index (χ0v) is 50.2. The Hall–Kier alpha value is -0.980. The molecule has 0 amide bonds. The predicted octanol–water partition coefficient (Wildman–Crippen LogP) is 21.9. The van der Waals surface area contributed by atoms with Gasteiger partial charge in [0.1, 0.15) is 5.78 Å². The molecule has 0 aromatic rings. The Kier molecular flexibility index (Phi) is 77.6. The Morgan fingerprint density at radius 1 is 0.389 bits per heavy atom. The first-order valence-electron chi connectivity index (χ1n) is 32.8. The Morgan fingerprint density at radius 3 is 0.972 bits per heavy atom. The van der Waals surface area contributed by atoms with Crippen molar-refractivity contribution < 1.29 is 28.9 Å². The van der Waals surface area contributed by atoms with Crippen molar-refractivity contribution in [3.8, 4) is 0 Å². The quantitative estimate of drug-likeness (QED) is 0.0483. The van der Waals surface area contributed by atoms with E-state index in [0.717, 1.165) is 45.3 Å². The van der Waals surface area contributed by atoms with Gasteiger partial charge in [-0.3, -0.25) is 4.79 Å². The topological polar surface area (TPSA) is 82.1 Å². The standard InChI is InChI=1S/C18H38O2.C17H34O2.C16H34.C15H28O2/c1-2-3-4-5-6-7-8-9-10-11-12-13-14-15-17-20-18-16-19;1-17(18)15-13-11-9-7-5-3-4-6-8-10-12-14-16-19-2;1-3-5-7-9-11-13-15-16-14-12-10-8-6-4-2;16-15-13-11-9-7-5-3-1-2-4-6-8-10-12-14-17-15/h19H,2-18H2,1H3;3-16H2,1-2H3;3-16H2,1-2H3;1-14H2. The lowest BCUT2D eigenvalue weighted by atomic mass is 10.0. The van der Waals surface area contributed by atoms with Crippen LogP contribution in [-0.2, 0) is 23.8 Å². The summed E-state index contributed by atoms with van der Waals surface area (Å²) >= 11 is 0. The van der Waals surface area contributed by atoms with Gasteiger partial charge in [0.2, 0.25) is 0 Å². The number of carbonyl (C=O) groups is 2. The van der Waals surface area contributed by atoms with Crippen molar-refractivity contribution in [3.63, 3.8) is 0 Å². The second-order valence-electron chi connectivity index (χ2n) is 22.1. The molecule has 6 nitrogen and oxygen atoms in total. The molecule has 0 aromatic heterocycles. The lowest BCUT2D eigenvalue weighted by Crippen LogP contribution is -2.05. The Bertz CT molecular complexity index is 891. The number of ketones is 1. The molecule has 1 aliphatic rings. The van der Waals surface area contributed by atoms with Crippen LogP contribution in [-0.4, -0.2) is 57.0 Å². The number of esters is 1. The normalized spacial score (nSPS) is 13.8. The van der Waals surface area contributed by atoms with Crippen LogP contribution in [0.4, 0.5) is 0 Å². The SMILES string of the molecule is CCCCCCCCCCCCCCCC.CCCCCCCCCCCCCCCCOCCO.COCCCCCCCCCCCCCCC(C)=O.O=C1CCCCCCCCCCCCCCO1. The maximum Gasteiger partial charge on any atom is 0.305 e. The molecule has 72 heavy (non-hydrogen) atoms. The number of aliphatic hydroxyl groups is 1. The van der Waals surface area contributed by atoms with Gasteiger partial charge in [-0.05, 0) is 39.0 Å². The summed E-state index contributed by atoms with van der Waals surface area (Å²) in [5, 5.41) is 8.56. The van der Waals surface area contributed by atoms with E-state index in [1.165, 1.54) is 308 Å². The van der Waals surface area contributed by atoms with Crippen LogP contribution >= 0.6 is 0 Å². The summed E-state index contributed by atoms with van der Waals surface area (Å²) in [5.41, 5.74) is 0. The van der Waals surface area contributed by atoms with E-state index in [1.54, 1.807) is 14.0 Å². The smallest absolute Gasteiger partial charge is 0.305 e. The minimum absolute atomic E-state index is 0.0112. The van der Waals surface area contributed by atoms with Gasteiger partial charge in [0, 0.05) is 33.2 Å². The molecule has 1 saturated heterocycles. The number of Topliss-reactive ketones (excluding diaryl/α,β-unsaturated/α-hetero) is 1. The number of carbonyl (C=O) groups excluding carboxylic acids is 2. The highest BCUT2D eigenvalue weighted by Crippen LogP contribution is 2.17. The lowest BCUT2D eigenvalue weighted by molar-refractivity contribution is -0.143. The second-order valence-corrected chi connectivity index (χ2v) is 22.1. The van der Waals surface area contributed by atoms with Gasteiger partial charge in [0.05, 0.1) is 19.8 Å². The predicted molar refractivity (Wildman–Crippen MR) is 318 cm³/mol. The van der Waals surface area contributed by atoms with Gasteiger partial charge >= 0.3 is 5.97 Å². The summed E-state index contributed by atoms with van der Waals surface area (Å²) in [5.74, 6) is 0.350. The van der Waals surface area contributed by atoms with Crippen molar-refractivity contribution in [2.24, 2.45) is 0 Å². The highest BCUT2D eigenvalue weighted by molar-refractivity contribution is 5.75. The summed E-state index contributed by atoms with van der Waals surface area (Å²) in [7, 11) is 1.78. The average Bonchev–Trinajstić information content (AvgIpc) is 3.38. The first-order valence-corrected chi connectivity index (χ1v) is 32.8. The third kappa shape index (κ3) is 80.4. The molecule has 6 heteroatoms. The number of unbranched alkanes of at least 4 members (excludes halogenated alkanes) is 37. The van der Waals surface area contributed by atoms with Crippen LogP contribution in [0.2, 0.25) is 0 Å². The van der Waals surface area contributed by atoms with Crippen LogP contribution in [0.15, 0.2) is 0 Å². The van der Waals surface area contributed by atoms with E-state index in [0.29, 0.717) is 25.4 Å². The highest BCUT2D eigenvalue weighted by Gasteiger charge is 2.04. The van der Waals surface area contributed by atoms with Crippen LogP contribution in [0.3, 0.4) is 0 Å². The minimum Gasteiger partial charge on any atom is -0.466 e. The van der Waals surface area contributed by atoms with E-state index >= 15 is 0 Å². The number of cyclic esters (lactones) is 1. The van der Waals surface area contributed by atoms with Crippen molar-refractivity contribution >= 4 is 11.8 Å². The van der Waals surface area contributed by atoms with Gasteiger partial charge in [0.15, 0.2) is 0 Å². The maximum atomic E-state index is 11.4. The number of methoxy groups -OCH3 is 1. The minimum atomic E-state index is 0.0112. The zero-order chi connectivity index (χ0) is 53.0. The summed E-state index contributed by atoms with van der Waals surface area (Å²) < 4.78 is 15.5. The molecule has 0 radical (unpaired) electrons. The largest absolute Gasteiger partial charge is 0.466 e. The first kappa shape index (κ1) is 75.3. The van der Waals surface area contributed by atoms with Gasteiger partial charge in [-0.25, -0.2) is 0 Å². The monoisotopic (exact) mass is 1020 g/mol. The van der Waals surface area contributed by atoms with Crippen molar-refractivity contribution in [1.82, 2.24) is 0 Å². The molecule has 1 fully saturated rings. The lowest BCUT2D eigenvalue weighted by Gasteiger charge is -2.06. The molecule has 0 spiro atoms. The molecule has 0 bridgehead atoms. The maximum absolute atomic E-state index is 11.4. The Morgan fingerprint density at radius 2 is 0.667 bits per heavy atom. The van der Waals surface area contributed by atoms with Crippen LogP contribution in [0.25, 0.3) is 0 Å². The third-order valence-corrected chi connectivity index (χ3v) is 14.5. The number of rotatable bonds is 45. The van der Waals surface area contributed by atoms with Gasteiger partial charge in [-0.2, -0.15) is 0 Å². The number of ether oxygens (including phenoxy) is 3. The number of hydrogen-bond donors (Lipinski definition) is 1. The van der Waals surface area contributed by atoms with Gasteiger partial charge in [-0.1, -0.05) is 323 Å². The molecule has 434 valence electrons. The molecular formula is C66H134O6. The molecule has 1 aliphatic heterocycles. The van der Waals surface area contributed by atoms with E-state index in [-0.39, 0.29) is 12.6 Å². The fraction of sp³-hybridized carbons (Fsp3) is 0.970. The summed E-state index contributed by atoms with van der Waals surface area (Å²) in [6, 6.07) is 0. The fourth-order valence-electron chi connectivity index (χ4n) is 9.62. The molecular weight excluding hydrogens is 889 g/mol. The van der Waals surface area contributed by atoms with Crippen LogP contribution in [0.5, 0.6) is 0 Å². The molecule has 0 atom stereocenters. The molecule has 1 heterocycles. The van der Waals surface area contributed by atoms with Gasteiger partial charge in [0.25, 0.3) is 0 Å². The number of aliphatic hydroxyl groups excluding tert-OH is 1. The van der Waals surface area contributed by atoms with E-state index in [9.17, 15) is 9.59 Å². The van der Waals surface area contributed by atoms with Crippen molar-refractivity contribution in [2.45, 2.75) is 374 Å². The summed E-state index contributed by atoms with van der Waals surface area (Å²) in [4.78, 5) is 22.1. The highest BCUT2D eigenvalue weighted by atomic mass is 16.5. The van der Waals surface area contributed by atoms with Crippen LogP contribution in [0.1, 0.15) is 374 Å². The molecule has 0 unspecified atom stereocenters.